The molecule has 5 heterocycles. The Morgan fingerprint density at radius 3 is 1.48 bits per heavy atom. The van der Waals surface area contributed by atoms with Crippen LogP contribution in [-0.4, -0.2) is 105 Å². The number of hydrogen-bond donors (Lipinski definition) is 4. The molecule has 3 aromatic carbocycles. The lowest BCUT2D eigenvalue weighted by atomic mass is 10.0. The predicted octanol–water partition coefficient (Wildman–Crippen LogP) is 8.54. The van der Waals surface area contributed by atoms with Crippen molar-refractivity contribution in [2.45, 2.75) is 109 Å². The van der Waals surface area contributed by atoms with Crippen LogP contribution in [-0.2, 0) is 19.1 Å². The van der Waals surface area contributed by atoms with Crippen molar-refractivity contribution in [3.63, 3.8) is 0 Å². The molecule has 0 spiro atoms. The SMILES string of the molecule is C=C(C)c1ccc(N2[C@@H](c3ccc4[nH]c([C@@H]5C[C@H](F)CN5C(=O)[C@@H](NC(=O)OC)C(C)C)nc4c3)CC[C@@H]2c2ccc3[nH]c([C@@H]4C[C@H](F)CN4C(=O)[C@@H](NC(=O)OC)C(C)C)nc3c2)cc1. The minimum absolute atomic E-state index is 0.0660. The van der Waals surface area contributed by atoms with Gasteiger partial charge in [-0.3, -0.25) is 9.59 Å². The highest BCUT2D eigenvalue weighted by molar-refractivity contribution is 5.88. The van der Waals surface area contributed by atoms with Gasteiger partial charge in [-0.1, -0.05) is 64.1 Å². The van der Waals surface area contributed by atoms with Crippen molar-refractivity contribution in [2.24, 2.45) is 11.8 Å². The minimum atomic E-state index is -1.26. The number of anilines is 1. The number of fused-ring (bicyclic) bond motifs is 2. The third-order valence-corrected chi connectivity index (χ3v) is 13.3. The first kappa shape index (κ1) is 46.0. The summed E-state index contributed by atoms with van der Waals surface area (Å²) in [6.07, 6.45) is -2.22. The molecule has 15 nitrogen and oxygen atoms in total. The largest absolute Gasteiger partial charge is 0.453 e. The number of nitrogens with zero attached hydrogens (tertiary/aromatic N) is 5. The number of hydrogen-bond acceptors (Lipinski definition) is 9. The van der Waals surface area contributed by atoms with Crippen molar-refractivity contribution in [3.05, 3.63) is 95.6 Å². The first-order valence-corrected chi connectivity index (χ1v) is 22.7. The van der Waals surface area contributed by atoms with Crippen molar-refractivity contribution >= 4 is 57.3 Å². The standard InChI is InChI=1S/C49H59F2N9O6/c1-25(2)28-9-13-33(14-10-28)60-38(29-11-15-34-36(19-29)54-44(52-34)40-21-31(50)23-58(40)46(61)42(26(3)4)56-48(63)65-7)17-18-39(60)30-12-16-35-37(20-30)55-45(53-35)41-22-32(51)24-59(41)47(62)43(27(5)6)57-49(64)66-8/h9-16,19-20,26-27,31-32,38-43H,1,17-18,21-24H2,2-8H3,(H,52,54)(H,53,55)(H,56,63)(H,57,64)/t31-,32-,38+,39+,40-,41-,42-,43-/m0/s1. The van der Waals surface area contributed by atoms with Gasteiger partial charge in [-0.05, 0) is 84.7 Å². The molecule has 0 saturated carbocycles. The number of carbonyl (C=O) groups excluding carboxylic acids is 4. The smallest absolute Gasteiger partial charge is 0.407 e. The van der Waals surface area contributed by atoms with Crippen LogP contribution in [0.3, 0.4) is 0 Å². The number of aromatic nitrogens is 4. The number of rotatable bonds is 12. The number of nitrogens with one attached hydrogen (secondary N) is 4. The molecule has 3 aliphatic heterocycles. The highest BCUT2D eigenvalue weighted by Gasteiger charge is 2.44. The molecule has 0 radical (unpaired) electrons. The highest BCUT2D eigenvalue weighted by Crippen LogP contribution is 2.48. The van der Waals surface area contributed by atoms with Crippen LogP contribution in [0.25, 0.3) is 27.6 Å². The van der Waals surface area contributed by atoms with Gasteiger partial charge in [0.05, 0.1) is 73.5 Å². The maximum absolute atomic E-state index is 15.1. The summed E-state index contributed by atoms with van der Waals surface area (Å²) in [7, 11) is 2.46. The number of amides is 4. The Morgan fingerprint density at radius 2 is 1.11 bits per heavy atom. The maximum Gasteiger partial charge on any atom is 0.407 e. The van der Waals surface area contributed by atoms with E-state index in [-0.39, 0.29) is 49.9 Å². The summed E-state index contributed by atoms with van der Waals surface area (Å²) < 4.78 is 39.8. The van der Waals surface area contributed by atoms with Gasteiger partial charge in [0.25, 0.3) is 0 Å². The second-order valence-corrected chi connectivity index (χ2v) is 18.5. The number of alkyl halides is 2. The Hall–Kier alpha value is -6.52. The molecule has 8 rings (SSSR count). The molecular formula is C49H59F2N9O6. The van der Waals surface area contributed by atoms with E-state index in [9.17, 15) is 19.2 Å². The Balaban J connectivity index is 1.09. The number of likely N-dealkylation sites (tertiary alicyclic amines) is 2. The lowest BCUT2D eigenvalue weighted by Gasteiger charge is -2.33. The van der Waals surface area contributed by atoms with Gasteiger partial charge in [-0.25, -0.2) is 28.3 Å². The lowest BCUT2D eigenvalue weighted by molar-refractivity contribution is -0.136. The number of alkyl carbamates (subject to hydrolysis) is 2. The quantitative estimate of drug-likeness (QED) is 0.0956. The first-order chi connectivity index (χ1) is 31.5. The van der Waals surface area contributed by atoms with Gasteiger partial charge in [-0.15, -0.1) is 0 Å². The van der Waals surface area contributed by atoms with Crippen LogP contribution in [0.5, 0.6) is 0 Å². The zero-order valence-corrected chi connectivity index (χ0v) is 38.4. The van der Waals surface area contributed by atoms with Gasteiger partial charge in [-0.2, -0.15) is 0 Å². The topological polar surface area (TPSA) is 178 Å². The molecule has 4 amide bonds. The van der Waals surface area contributed by atoms with Crippen molar-refractivity contribution in [1.29, 1.82) is 0 Å². The van der Waals surface area contributed by atoms with E-state index in [1.54, 1.807) is 0 Å². The van der Waals surface area contributed by atoms with Crippen molar-refractivity contribution < 1.29 is 37.4 Å². The molecule has 3 saturated heterocycles. The Morgan fingerprint density at radius 1 is 0.682 bits per heavy atom. The molecule has 8 atom stereocenters. The van der Waals surface area contributed by atoms with E-state index < -0.39 is 60.5 Å². The Labute approximate surface area is 382 Å². The molecular weight excluding hydrogens is 849 g/mol. The lowest BCUT2D eigenvalue weighted by Crippen LogP contribution is -2.51. The molecule has 3 aliphatic rings. The first-order valence-electron chi connectivity index (χ1n) is 22.7. The number of carbonyl (C=O) groups is 4. The molecule has 0 unspecified atom stereocenters. The molecule has 350 valence electrons. The van der Waals surface area contributed by atoms with Gasteiger partial charge in [0, 0.05) is 18.5 Å². The fourth-order valence-electron chi connectivity index (χ4n) is 9.89. The molecule has 17 heteroatoms. The average molecular weight is 908 g/mol. The van der Waals surface area contributed by atoms with Crippen LogP contribution in [0.15, 0.2) is 67.2 Å². The Bertz CT molecular complexity index is 2480. The molecule has 4 N–H and O–H groups in total. The third kappa shape index (κ3) is 9.03. The van der Waals surface area contributed by atoms with E-state index in [1.165, 1.54) is 24.0 Å². The summed E-state index contributed by atoms with van der Waals surface area (Å²) in [5.41, 5.74) is 7.96. The number of benzene rings is 3. The van der Waals surface area contributed by atoms with E-state index in [0.717, 1.165) is 51.8 Å². The number of halogens is 2. The zero-order chi connectivity index (χ0) is 47.1. The average Bonchev–Trinajstić information content (AvgIpc) is 4.15. The number of allylic oxidation sites excluding steroid dienone is 1. The highest BCUT2D eigenvalue weighted by atomic mass is 19.1. The molecule has 2 aromatic heterocycles. The summed E-state index contributed by atoms with van der Waals surface area (Å²) in [5.74, 6) is -0.380. The predicted molar refractivity (Wildman–Crippen MR) is 247 cm³/mol. The number of imidazole rings is 2. The van der Waals surface area contributed by atoms with Crippen LogP contribution >= 0.6 is 0 Å². The zero-order valence-electron chi connectivity index (χ0n) is 38.4. The van der Waals surface area contributed by atoms with E-state index >= 15 is 8.78 Å². The second kappa shape index (κ2) is 18.8. The molecule has 0 aliphatic carbocycles. The van der Waals surface area contributed by atoms with Crippen molar-refractivity contribution in [3.8, 4) is 0 Å². The molecule has 66 heavy (non-hydrogen) atoms. The van der Waals surface area contributed by atoms with E-state index in [1.807, 2.05) is 46.8 Å². The fourth-order valence-corrected chi connectivity index (χ4v) is 9.89. The van der Waals surface area contributed by atoms with Crippen LogP contribution in [0.1, 0.15) is 113 Å². The normalized spacial score (nSPS) is 22.9. The Kier molecular flexibility index (Phi) is 13.1. The summed E-state index contributed by atoms with van der Waals surface area (Å²) >= 11 is 0. The van der Waals surface area contributed by atoms with E-state index in [4.69, 9.17) is 19.4 Å². The third-order valence-electron chi connectivity index (χ3n) is 13.3. The summed E-state index contributed by atoms with van der Waals surface area (Å²) in [5, 5.41) is 5.24. The van der Waals surface area contributed by atoms with Crippen LogP contribution in [0.2, 0.25) is 0 Å². The van der Waals surface area contributed by atoms with E-state index in [2.05, 4.69) is 80.6 Å². The van der Waals surface area contributed by atoms with Crippen molar-refractivity contribution in [1.82, 2.24) is 40.4 Å². The number of aromatic amines is 2. The van der Waals surface area contributed by atoms with Gasteiger partial charge in [0.2, 0.25) is 11.8 Å². The fraction of sp³-hybridized carbons (Fsp3) is 0.469. The summed E-state index contributed by atoms with van der Waals surface area (Å²) in [4.78, 5) is 74.0. The summed E-state index contributed by atoms with van der Waals surface area (Å²) in [6.45, 7) is 13.1. The van der Waals surface area contributed by atoms with Crippen LogP contribution < -0.4 is 15.5 Å². The van der Waals surface area contributed by atoms with Crippen LogP contribution in [0.4, 0.5) is 24.1 Å². The summed E-state index contributed by atoms with van der Waals surface area (Å²) in [6, 6.07) is 17.4. The van der Waals surface area contributed by atoms with Crippen molar-refractivity contribution in [2.75, 3.05) is 32.2 Å². The molecule has 0 bridgehead atoms. The van der Waals surface area contributed by atoms with Gasteiger partial charge < -0.3 is 44.8 Å². The van der Waals surface area contributed by atoms with E-state index in [0.29, 0.717) is 22.7 Å². The van der Waals surface area contributed by atoms with Crippen LogP contribution in [0, 0.1) is 11.8 Å². The minimum Gasteiger partial charge on any atom is -0.453 e. The van der Waals surface area contributed by atoms with Gasteiger partial charge in [0.1, 0.15) is 36.1 Å². The number of ether oxygens (including phenoxy) is 2. The molecule has 3 fully saturated rings. The number of methoxy groups -OCH3 is 2. The number of H-pyrrole nitrogens is 2. The maximum atomic E-state index is 15.1. The monoisotopic (exact) mass is 907 g/mol. The second-order valence-electron chi connectivity index (χ2n) is 18.5. The van der Waals surface area contributed by atoms with Gasteiger partial charge >= 0.3 is 12.2 Å². The van der Waals surface area contributed by atoms with Gasteiger partial charge in [0.15, 0.2) is 0 Å². The molecule has 5 aromatic rings.